The fourth-order valence-electron chi connectivity index (χ4n) is 4.55. The summed E-state index contributed by atoms with van der Waals surface area (Å²) in [5, 5.41) is 4.30. The van der Waals surface area contributed by atoms with E-state index in [2.05, 4.69) is 16.4 Å². The predicted molar refractivity (Wildman–Crippen MR) is 129 cm³/mol. The molecule has 2 heterocycles. The molecule has 0 radical (unpaired) electrons. The van der Waals surface area contributed by atoms with Gasteiger partial charge < -0.3 is 19.9 Å². The number of rotatable bonds is 3. The van der Waals surface area contributed by atoms with Gasteiger partial charge in [-0.05, 0) is 53.9 Å². The molecule has 3 aromatic carbocycles. The number of halogens is 2. The lowest BCUT2D eigenvalue weighted by molar-refractivity contribution is 0.0602. The van der Waals surface area contributed by atoms with Gasteiger partial charge in [0.2, 0.25) is 0 Å². The lowest BCUT2D eigenvalue weighted by atomic mass is 9.92. The maximum absolute atomic E-state index is 13.7. The zero-order valence-electron chi connectivity index (χ0n) is 18.3. The number of hydrogen-bond donors (Lipinski definition) is 2. The molecule has 172 valence electrons. The second kappa shape index (κ2) is 8.83. The molecule has 1 aliphatic rings. The molecule has 4 aromatic rings. The number of amides is 2. The summed E-state index contributed by atoms with van der Waals surface area (Å²) in [6.45, 7) is 0.427. The van der Waals surface area contributed by atoms with Crippen LogP contribution in [0.3, 0.4) is 0 Å². The number of esters is 1. The number of para-hydroxylation sites is 1. The quantitative estimate of drug-likeness (QED) is 0.359. The molecule has 6 nitrogen and oxygen atoms in total. The minimum atomic E-state index is -0.585. The van der Waals surface area contributed by atoms with E-state index in [1.807, 2.05) is 18.2 Å². The first-order valence-corrected chi connectivity index (χ1v) is 11.1. The lowest BCUT2D eigenvalue weighted by Crippen LogP contribution is -2.43. The SMILES string of the molecule is COC(=O)c1ccc(Cl)cc1NC(=O)N1CCc2c([nH]c3ccccc23)[C@H]1c1ccc(F)cc1. The molecule has 8 heteroatoms. The molecule has 2 N–H and O–H groups in total. The highest BCUT2D eigenvalue weighted by Crippen LogP contribution is 2.39. The normalized spacial score (nSPS) is 15.1. The number of urea groups is 1. The molecule has 0 spiro atoms. The number of benzene rings is 3. The Morgan fingerprint density at radius 3 is 2.65 bits per heavy atom. The standard InChI is InChI=1S/C26H21ClFN3O3/c1-34-25(32)20-11-8-16(27)14-22(20)30-26(33)31-13-12-19-18-4-2-3-5-21(18)29-23(19)24(31)15-6-9-17(28)10-7-15/h2-11,14,24,29H,12-13H2,1H3,(H,30,33)/t24-/m1/s1. The number of H-pyrrole nitrogens is 1. The zero-order valence-corrected chi connectivity index (χ0v) is 19.0. The summed E-state index contributed by atoms with van der Waals surface area (Å²) in [5.74, 6) is -0.937. The van der Waals surface area contributed by atoms with Gasteiger partial charge in [-0.15, -0.1) is 0 Å². The fraction of sp³-hybridized carbons (Fsp3) is 0.154. The van der Waals surface area contributed by atoms with Crippen LogP contribution in [0, 0.1) is 5.82 Å². The zero-order chi connectivity index (χ0) is 23.8. The largest absolute Gasteiger partial charge is 0.465 e. The smallest absolute Gasteiger partial charge is 0.339 e. The van der Waals surface area contributed by atoms with Crippen LogP contribution in [0.4, 0.5) is 14.9 Å². The number of nitrogens with zero attached hydrogens (tertiary/aromatic N) is 1. The van der Waals surface area contributed by atoms with Gasteiger partial charge in [-0.2, -0.15) is 0 Å². The second-order valence-corrected chi connectivity index (χ2v) is 8.51. The number of anilines is 1. The van der Waals surface area contributed by atoms with Crippen molar-refractivity contribution in [2.45, 2.75) is 12.5 Å². The van der Waals surface area contributed by atoms with Crippen molar-refractivity contribution in [3.63, 3.8) is 0 Å². The summed E-state index contributed by atoms with van der Waals surface area (Å²) >= 11 is 6.13. The van der Waals surface area contributed by atoms with Crippen LogP contribution in [0.2, 0.25) is 5.02 Å². The molecule has 1 aromatic heterocycles. The first-order chi connectivity index (χ1) is 16.5. The third kappa shape index (κ3) is 3.88. The lowest BCUT2D eigenvalue weighted by Gasteiger charge is -2.36. The number of carbonyl (C=O) groups excluding carboxylic acids is 2. The van der Waals surface area contributed by atoms with Crippen molar-refractivity contribution in [3.8, 4) is 0 Å². The average molecular weight is 478 g/mol. The van der Waals surface area contributed by atoms with Gasteiger partial charge in [0.1, 0.15) is 5.82 Å². The number of carbonyl (C=O) groups is 2. The van der Waals surface area contributed by atoms with Gasteiger partial charge in [-0.3, -0.25) is 0 Å². The molecule has 1 atom stereocenters. The highest BCUT2D eigenvalue weighted by Gasteiger charge is 2.35. The van der Waals surface area contributed by atoms with Crippen molar-refractivity contribution in [2.75, 3.05) is 19.0 Å². The second-order valence-electron chi connectivity index (χ2n) is 8.07. The highest BCUT2D eigenvalue weighted by molar-refractivity contribution is 6.31. The first-order valence-electron chi connectivity index (χ1n) is 10.8. The van der Waals surface area contributed by atoms with Gasteiger partial charge in [-0.25, -0.2) is 14.0 Å². The Balaban J connectivity index is 1.57. The third-order valence-electron chi connectivity index (χ3n) is 6.11. The Kier molecular flexibility index (Phi) is 5.71. The number of methoxy groups -OCH3 is 1. The maximum atomic E-state index is 13.7. The summed E-state index contributed by atoms with van der Waals surface area (Å²) in [7, 11) is 1.27. The average Bonchev–Trinajstić information content (AvgIpc) is 3.22. The molecule has 0 aliphatic carbocycles. The van der Waals surface area contributed by atoms with Crippen molar-refractivity contribution in [1.82, 2.24) is 9.88 Å². The Hall–Kier alpha value is -3.84. The number of aromatic amines is 1. The van der Waals surface area contributed by atoms with E-state index in [-0.39, 0.29) is 17.1 Å². The summed E-state index contributed by atoms with van der Waals surface area (Å²) in [6, 6.07) is 17.8. The third-order valence-corrected chi connectivity index (χ3v) is 6.34. The van der Waals surface area contributed by atoms with E-state index in [4.69, 9.17) is 16.3 Å². The van der Waals surface area contributed by atoms with Crippen molar-refractivity contribution < 1.29 is 18.7 Å². The van der Waals surface area contributed by atoms with E-state index < -0.39 is 18.0 Å². The summed E-state index contributed by atoms with van der Waals surface area (Å²) in [6.07, 6.45) is 0.643. The number of aromatic nitrogens is 1. The van der Waals surface area contributed by atoms with Gasteiger partial charge in [0.15, 0.2) is 0 Å². The molecular weight excluding hydrogens is 457 g/mol. The first kappa shape index (κ1) is 22.0. The van der Waals surface area contributed by atoms with Gasteiger partial charge in [0.05, 0.1) is 24.4 Å². The molecule has 34 heavy (non-hydrogen) atoms. The van der Waals surface area contributed by atoms with E-state index in [1.54, 1.807) is 23.1 Å². The molecular formula is C26H21ClFN3O3. The number of hydrogen-bond acceptors (Lipinski definition) is 3. The molecule has 0 saturated carbocycles. The van der Waals surface area contributed by atoms with Crippen molar-refractivity contribution in [3.05, 3.63) is 100.0 Å². The minimum absolute atomic E-state index is 0.196. The van der Waals surface area contributed by atoms with Gasteiger partial charge in [0.25, 0.3) is 0 Å². The monoisotopic (exact) mass is 477 g/mol. The van der Waals surface area contributed by atoms with Crippen LogP contribution in [0.15, 0.2) is 66.7 Å². The Labute approximate surface area is 200 Å². The number of nitrogens with one attached hydrogen (secondary N) is 2. The van der Waals surface area contributed by atoms with Crippen LogP contribution in [0.5, 0.6) is 0 Å². The van der Waals surface area contributed by atoms with Crippen molar-refractivity contribution >= 4 is 40.2 Å². The molecule has 0 unspecified atom stereocenters. The topological polar surface area (TPSA) is 74.4 Å². The van der Waals surface area contributed by atoms with E-state index in [0.717, 1.165) is 27.7 Å². The van der Waals surface area contributed by atoms with Crippen LogP contribution in [-0.2, 0) is 11.2 Å². The Bertz CT molecular complexity index is 1400. The molecule has 5 rings (SSSR count). The van der Waals surface area contributed by atoms with Crippen LogP contribution in [-0.4, -0.2) is 35.5 Å². The molecule has 0 saturated heterocycles. The maximum Gasteiger partial charge on any atom is 0.339 e. The molecule has 0 bridgehead atoms. The number of fused-ring (bicyclic) bond motifs is 3. The van der Waals surface area contributed by atoms with Crippen LogP contribution >= 0.6 is 11.6 Å². The van der Waals surface area contributed by atoms with Crippen molar-refractivity contribution in [1.29, 1.82) is 0 Å². The van der Waals surface area contributed by atoms with Crippen LogP contribution in [0.25, 0.3) is 10.9 Å². The van der Waals surface area contributed by atoms with Crippen LogP contribution < -0.4 is 5.32 Å². The van der Waals surface area contributed by atoms with E-state index in [9.17, 15) is 14.0 Å². The van der Waals surface area contributed by atoms with E-state index in [0.29, 0.717) is 18.0 Å². The van der Waals surface area contributed by atoms with Crippen LogP contribution in [0.1, 0.15) is 33.2 Å². The van der Waals surface area contributed by atoms with E-state index >= 15 is 0 Å². The van der Waals surface area contributed by atoms with E-state index in [1.165, 1.54) is 31.4 Å². The summed E-state index contributed by atoms with van der Waals surface area (Å²) < 4.78 is 18.5. The molecule has 2 amide bonds. The predicted octanol–water partition coefficient (Wildman–Crippen LogP) is 5.93. The van der Waals surface area contributed by atoms with Crippen molar-refractivity contribution in [2.24, 2.45) is 0 Å². The fourth-order valence-corrected chi connectivity index (χ4v) is 4.72. The molecule has 0 fully saturated rings. The summed E-state index contributed by atoms with van der Waals surface area (Å²) in [5.41, 5.74) is 4.21. The summed E-state index contributed by atoms with van der Waals surface area (Å²) in [4.78, 5) is 30.9. The Morgan fingerprint density at radius 1 is 1.12 bits per heavy atom. The minimum Gasteiger partial charge on any atom is -0.465 e. The Morgan fingerprint density at radius 2 is 1.88 bits per heavy atom. The number of ether oxygens (including phenoxy) is 1. The molecule has 1 aliphatic heterocycles. The van der Waals surface area contributed by atoms with Gasteiger partial charge >= 0.3 is 12.0 Å². The highest BCUT2D eigenvalue weighted by atomic mass is 35.5. The van der Waals surface area contributed by atoms with Gasteiger partial charge in [-0.1, -0.05) is 41.9 Å². The van der Waals surface area contributed by atoms with Gasteiger partial charge in [0, 0.05) is 28.2 Å².